The largest absolute Gasteiger partial charge is 0.342 e. The van der Waals surface area contributed by atoms with Crippen molar-refractivity contribution in [2.24, 2.45) is 11.0 Å². The van der Waals surface area contributed by atoms with E-state index in [0.717, 1.165) is 0 Å². The van der Waals surface area contributed by atoms with Crippen molar-refractivity contribution in [3.63, 3.8) is 0 Å². The van der Waals surface area contributed by atoms with Crippen LogP contribution in [0.2, 0.25) is 0 Å². The quantitative estimate of drug-likeness (QED) is 0.456. The van der Waals surface area contributed by atoms with Crippen LogP contribution in [0.25, 0.3) is 10.4 Å². The molecule has 0 spiro atoms. The number of carbonyl (C=O) groups is 1. The van der Waals surface area contributed by atoms with Gasteiger partial charge in [-0.3, -0.25) is 4.79 Å². The van der Waals surface area contributed by atoms with Crippen LogP contribution in [0.4, 0.5) is 4.39 Å². The van der Waals surface area contributed by atoms with Crippen molar-refractivity contribution in [2.75, 3.05) is 19.6 Å². The third-order valence-electron chi connectivity index (χ3n) is 3.31. The fraction of sp³-hybridized carbons (Fsp3) is 0.462. The molecule has 6 heteroatoms. The highest BCUT2D eigenvalue weighted by atomic mass is 19.1. The Balaban J connectivity index is 1.88. The second kappa shape index (κ2) is 6.20. The van der Waals surface area contributed by atoms with Gasteiger partial charge in [0.1, 0.15) is 5.82 Å². The molecule has 1 unspecified atom stereocenters. The van der Waals surface area contributed by atoms with E-state index < -0.39 is 0 Å². The van der Waals surface area contributed by atoms with Gasteiger partial charge in [-0.2, -0.15) is 0 Å². The summed E-state index contributed by atoms with van der Waals surface area (Å²) in [6, 6.07) is 6.59. The molecule has 1 aliphatic heterocycles. The number of azide groups is 1. The minimum Gasteiger partial charge on any atom is -0.342 e. The number of hydrogen-bond acceptors (Lipinski definition) is 2. The molecule has 1 aromatic carbocycles. The van der Waals surface area contributed by atoms with Gasteiger partial charge in [0.25, 0.3) is 0 Å². The van der Waals surface area contributed by atoms with E-state index in [2.05, 4.69) is 10.0 Å². The second-order valence-corrected chi connectivity index (χ2v) is 4.66. The highest BCUT2D eigenvalue weighted by molar-refractivity contribution is 5.78. The molecule has 1 atom stereocenters. The molecule has 0 bridgehead atoms. The van der Waals surface area contributed by atoms with Gasteiger partial charge in [0, 0.05) is 31.0 Å². The highest BCUT2D eigenvalue weighted by Gasteiger charge is 2.28. The molecule has 0 aliphatic carbocycles. The molecule has 1 heterocycles. The normalized spacial score (nSPS) is 18.5. The van der Waals surface area contributed by atoms with Crippen LogP contribution in [0.5, 0.6) is 0 Å². The van der Waals surface area contributed by atoms with E-state index in [1.165, 1.54) is 6.07 Å². The van der Waals surface area contributed by atoms with Crippen LogP contribution in [0, 0.1) is 11.7 Å². The maximum absolute atomic E-state index is 13.4. The number of hydrogen-bond donors (Lipinski definition) is 0. The fourth-order valence-corrected chi connectivity index (χ4v) is 2.30. The van der Waals surface area contributed by atoms with Gasteiger partial charge < -0.3 is 4.90 Å². The first kappa shape index (κ1) is 13.4. The summed E-state index contributed by atoms with van der Waals surface area (Å²) in [4.78, 5) is 16.2. The number of carbonyl (C=O) groups excluding carboxylic acids is 1. The SMILES string of the molecule is [N-]=[N+]=NCC1CC(=O)N(CCc2ccccc2F)C1. The first-order valence-corrected chi connectivity index (χ1v) is 6.22. The van der Waals surface area contributed by atoms with E-state index >= 15 is 0 Å². The average Bonchev–Trinajstić information content (AvgIpc) is 2.76. The summed E-state index contributed by atoms with van der Waals surface area (Å²) in [5, 5.41) is 3.50. The zero-order chi connectivity index (χ0) is 13.7. The maximum atomic E-state index is 13.4. The Labute approximate surface area is 110 Å². The fourth-order valence-electron chi connectivity index (χ4n) is 2.30. The van der Waals surface area contributed by atoms with E-state index in [0.29, 0.717) is 38.0 Å². The van der Waals surface area contributed by atoms with E-state index in [1.807, 2.05) is 0 Å². The standard InChI is InChI=1S/C13H15FN4O/c14-12-4-2-1-3-11(12)5-6-18-9-10(7-13(18)19)8-16-17-15/h1-4,10H,5-9H2. The van der Waals surface area contributed by atoms with Crippen LogP contribution in [-0.4, -0.2) is 30.4 Å². The van der Waals surface area contributed by atoms with Gasteiger partial charge in [-0.1, -0.05) is 23.3 Å². The molecule has 0 aromatic heterocycles. The van der Waals surface area contributed by atoms with E-state index in [-0.39, 0.29) is 17.6 Å². The zero-order valence-corrected chi connectivity index (χ0v) is 10.5. The van der Waals surface area contributed by atoms with Crippen LogP contribution >= 0.6 is 0 Å². The molecule has 5 nitrogen and oxygen atoms in total. The minimum atomic E-state index is -0.236. The van der Waals surface area contributed by atoms with Gasteiger partial charge in [-0.05, 0) is 29.5 Å². The number of benzene rings is 1. The third kappa shape index (κ3) is 3.45. The lowest BCUT2D eigenvalue weighted by Gasteiger charge is -2.16. The summed E-state index contributed by atoms with van der Waals surface area (Å²) in [7, 11) is 0. The molecule has 0 N–H and O–H groups in total. The summed E-state index contributed by atoms with van der Waals surface area (Å²) in [6.07, 6.45) is 0.920. The van der Waals surface area contributed by atoms with Gasteiger partial charge in [-0.15, -0.1) is 0 Å². The van der Waals surface area contributed by atoms with Crippen LogP contribution in [0.15, 0.2) is 29.4 Å². The lowest BCUT2D eigenvalue weighted by Crippen LogP contribution is -2.28. The average molecular weight is 262 g/mol. The van der Waals surface area contributed by atoms with E-state index in [4.69, 9.17) is 5.53 Å². The summed E-state index contributed by atoms with van der Waals surface area (Å²) in [5.74, 6) is -0.0988. The Kier molecular flexibility index (Phi) is 4.36. The van der Waals surface area contributed by atoms with Gasteiger partial charge in [-0.25, -0.2) is 4.39 Å². The molecule has 1 saturated heterocycles. The van der Waals surface area contributed by atoms with Crippen molar-refractivity contribution >= 4 is 5.91 Å². The number of rotatable bonds is 5. The van der Waals surface area contributed by atoms with Crippen molar-refractivity contribution in [1.82, 2.24) is 4.90 Å². The van der Waals surface area contributed by atoms with Crippen molar-refractivity contribution in [3.8, 4) is 0 Å². The van der Waals surface area contributed by atoms with Gasteiger partial charge in [0.2, 0.25) is 5.91 Å². The molecule has 19 heavy (non-hydrogen) atoms. The molecule has 0 saturated carbocycles. The number of amides is 1. The first-order chi connectivity index (χ1) is 9.20. The molecule has 1 amide bonds. The van der Waals surface area contributed by atoms with E-state index in [1.54, 1.807) is 23.1 Å². The molecular formula is C13H15FN4O. The van der Waals surface area contributed by atoms with Crippen LogP contribution in [-0.2, 0) is 11.2 Å². The molecule has 1 aliphatic rings. The minimum absolute atomic E-state index is 0.0504. The smallest absolute Gasteiger partial charge is 0.222 e. The van der Waals surface area contributed by atoms with Crippen LogP contribution in [0.1, 0.15) is 12.0 Å². The summed E-state index contributed by atoms with van der Waals surface area (Å²) in [6.45, 7) is 1.44. The Morgan fingerprint density at radius 1 is 1.47 bits per heavy atom. The van der Waals surface area contributed by atoms with Crippen molar-refractivity contribution in [2.45, 2.75) is 12.8 Å². The Hall–Kier alpha value is -2.07. The summed E-state index contributed by atoms with van der Waals surface area (Å²) >= 11 is 0. The third-order valence-corrected chi connectivity index (χ3v) is 3.31. The van der Waals surface area contributed by atoms with Gasteiger partial charge in [0.05, 0.1) is 0 Å². The summed E-state index contributed by atoms with van der Waals surface area (Å²) in [5.41, 5.74) is 8.88. The zero-order valence-electron chi connectivity index (χ0n) is 10.5. The Morgan fingerprint density at radius 3 is 3.00 bits per heavy atom. The Morgan fingerprint density at radius 2 is 2.26 bits per heavy atom. The van der Waals surface area contributed by atoms with Crippen molar-refractivity contribution in [1.29, 1.82) is 0 Å². The number of likely N-dealkylation sites (tertiary alicyclic amines) is 1. The molecule has 2 rings (SSSR count). The van der Waals surface area contributed by atoms with Crippen LogP contribution < -0.4 is 0 Å². The number of nitrogens with zero attached hydrogens (tertiary/aromatic N) is 4. The Bertz CT molecular complexity index is 513. The molecule has 1 aromatic rings. The van der Waals surface area contributed by atoms with Crippen molar-refractivity contribution in [3.05, 3.63) is 46.1 Å². The maximum Gasteiger partial charge on any atom is 0.222 e. The molecule has 100 valence electrons. The van der Waals surface area contributed by atoms with Gasteiger partial charge in [0.15, 0.2) is 0 Å². The number of halogens is 1. The monoisotopic (exact) mass is 262 g/mol. The lowest BCUT2D eigenvalue weighted by molar-refractivity contribution is -0.127. The molecule has 1 fully saturated rings. The van der Waals surface area contributed by atoms with Crippen LogP contribution in [0.3, 0.4) is 0 Å². The molecular weight excluding hydrogens is 247 g/mol. The highest BCUT2D eigenvalue weighted by Crippen LogP contribution is 2.19. The molecule has 0 radical (unpaired) electrons. The first-order valence-electron chi connectivity index (χ1n) is 6.22. The predicted molar refractivity (Wildman–Crippen MR) is 68.8 cm³/mol. The van der Waals surface area contributed by atoms with Crippen molar-refractivity contribution < 1.29 is 9.18 Å². The summed E-state index contributed by atoms with van der Waals surface area (Å²) < 4.78 is 13.4. The lowest BCUT2D eigenvalue weighted by atomic mass is 10.1. The van der Waals surface area contributed by atoms with Gasteiger partial charge >= 0.3 is 0 Å². The predicted octanol–water partition coefficient (Wildman–Crippen LogP) is 2.53. The van der Waals surface area contributed by atoms with E-state index in [9.17, 15) is 9.18 Å². The second-order valence-electron chi connectivity index (χ2n) is 4.66. The topological polar surface area (TPSA) is 69.1 Å².